The van der Waals surface area contributed by atoms with Gasteiger partial charge >= 0.3 is 6.03 Å². The fourth-order valence-corrected chi connectivity index (χ4v) is 6.09. The molecule has 0 radical (unpaired) electrons. The molecule has 6 rings (SSSR count). The Bertz CT molecular complexity index is 1470. The largest absolute Gasteiger partial charge is 0.457 e. The molecule has 0 bridgehead atoms. The first-order valence-corrected chi connectivity index (χ1v) is 15.0. The highest BCUT2D eigenvalue weighted by Gasteiger charge is 2.39. The summed E-state index contributed by atoms with van der Waals surface area (Å²) >= 11 is 1.57. The molecule has 2 aromatic carbocycles. The topological polar surface area (TPSA) is 117 Å². The lowest BCUT2D eigenvalue weighted by molar-refractivity contribution is -0.128. The van der Waals surface area contributed by atoms with E-state index in [2.05, 4.69) is 34.7 Å². The van der Waals surface area contributed by atoms with Crippen LogP contribution in [-0.4, -0.2) is 69.1 Å². The number of carbonyl (C=O) groups excluding carboxylic acids is 3. The molecule has 0 unspecified atom stereocenters. The van der Waals surface area contributed by atoms with E-state index >= 15 is 0 Å². The maximum absolute atomic E-state index is 13.2. The zero-order valence-corrected chi connectivity index (χ0v) is 24.2. The van der Waals surface area contributed by atoms with E-state index in [1.54, 1.807) is 28.4 Å². The Morgan fingerprint density at radius 3 is 2.56 bits per heavy atom. The molecule has 3 fully saturated rings. The van der Waals surface area contributed by atoms with Gasteiger partial charge in [0, 0.05) is 54.2 Å². The molecule has 3 aromatic rings. The molecule has 0 spiro atoms. The quantitative estimate of drug-likeness (QED) is 0.388. The summed E-state index contributed by atoms with van der Waals surface area (Å²) in [5.74, 6) is 1.27. The van der Waals surface area contributed by atoms with Crippen LogP contribution in [0.2, 0.25) is 0 Å². The lowest BCUT2D eigenvalue weighted by Gasteiger charge is -2.19. The van der Waals surface area contributed by atoms with Crippen LogP contribution in [0.1, 0.15) is 66.9 Å². The lowest BCUT2D eigenvalue weighted by Crippen LogP contribution is -2.37. The molecule has 41 heavy (non-hydrogen) atoms. The van der Waals surface area contributed by atoms with Gasteiger partial charge in [0.1, 0.15) is 21.5 Å². The van der Waals surface area contributed by atoms with Crippen LogP contribution in [0, 0.1) is 0 Å². The summed E-state index contributed by atoms with van der Waals surface area (Å²) in [6.45, 7) is 7.64. The minimum Gasteiger partial charge on any atom is -0.457 e. The zero-order chi connectivity index (χ0) is 28.7. The SMILES string of the molecule is CC(C)c1nnc(-c2ccc(Oc3cc(C(=O)N[C@H]4CC(=O)N(C5CC5)C4)ccc3CN3C[C@@H](C)NC3=O)cc2)s1. The van der Waals surface area contributed by atoms with Gasteiger partial charge in [0.25, 0.3) is 5.91 Å². The standard InChI is InChI=1S/C30H34N6O4S/c1-17(2)28-33-34-29(41-28)19-6-10-24(11-7-19)40-25-12-20(4-5-21(25)15-35-14-18(3)31-30(35)39)27(38)32-22-13-26(37)36(16-22)23-8-9-23/h4-7,10-12,17-18,22-23H,8-9,13-16H2,1-3H3,(H,31,39)(H,32,38)/t18-,22+/m1/s1. The summed E-state index contributed by atoms with van der Waals surface area (Å²) in [4.78, 5) is 41.6. The van der Waals surface area contributed by atoms with E-state index in [1.807, 2.05) is 42.2 Å². The van der Waals surface area contributed by atoms with E-state index in [0.717, 1.165) is 34.0 Å². The molecule has 2 N–H and O–H groups in total. The van der Waals surface area contributed by atoms with Crippen molar-refractivity contribution in [2.75, 3.05) is 13.1 Å². The van der Waals surface area contributed by atoms with E-state index in [4.69, 9.17) is 4.74 Å². The van der Waals surface area contributed by atoms with Gasteiger partial charge in [-0.05, 0) is 56.2 Å². The molecule has 3 aliphatic rings. The number of rotatable bonds is 9. The summed E-state index contributed by atoms with van der Waals surface area (Å²) in [5, 5.41) is 16.4. The third-order valence-electron chi connectivity index (χ3n) is 7.59. The van der Waals surface area contributed by atoms with Crippen molar-refractivity contribution >= 4 is 29.2 Å². The van der Waals surface area contributed by atoms with Crippen LogP contribution in [0.4, 0.5) is 4.79 Å². The van der Waals surface area contributed by atoms with Crippen molar-refractivity contribution < 1.29 is 19.1 Å². The summed E-state index contributed by atoms with van der Waals surface area (Å²) < 4.78 is 6.32. The van der Waals surface area contributed by atoms with E-state index < -0.39 is 0 Å². The van der Waals surface area contributed by atoms with Crippen LogP contribution in [0.25, 0.3) is 10.6 Å². The van der Waals surface area contributed by atoms with Crippen molar-refractivity contribution in [1.82, 2.24) is 30.6 Å². The number of likely N-dealkylation sites (tertiary alicyclic amines) is 1. The number of nitrogens with one attached hydrogen (secondary N) is 2. The number of urea groups is 1. The highest BCUT2D eigenvalue weighted by molar-refractivity contribution is 7.14. The molecule has 214 valence electrons. The first-order chi connectivity index (χ1) is 19.7. The third-order valence-corrected chi connectivity index (χ3v) is 8.86. The molecular weight excluding hydrogens is 540 g/mol. The normalized spacial score (nSPS) is 20.6. The van der Waals surface area contributed by atoms with Gasteiger partial charge in [-0.15, -0.1) is 10.2 Å². The van der Waals surface area contributed by atoms with E-state index in [9.17, 15) is 14.4 Å². The minimum atomic E-state index is -0.253. The fraction of sp³-hybridized carbons (Fsp3) is 0.433. The van der Waals surface area contributed by atoms with Crippen LogP contribution in [0.15, 0.2) is 42.5 Å². The van der Waals surface area contributed by atoms with Crippen LogP contribution in [0.3, 0.4) is 0 Å². The maximum atomic E-state index is 13.2. The molecule has 2 aliphatic heterocycles. The molecule has 1 aromatic heterocycles. The Morgan fingerprint density at radius 2 is 1.90 bits per heavy atom. The summed E-state index contributed by atoms with van der Waals surface area (Å²) in [5.41, 5.74) is 2.17. The van der Waals surface area contributed by atoms with Crippen molar-refractivity contribution in [2.24, 2.45) is 0 Å². The molecule has 4 amide bonds. The van der Waals surface area contributed by atoms with Crippen molar-refractivity contribution in [1.29, 1.82) is 0 Å². The number of aromatic nitrogens is 2. The Hall–Kier alpha value is -3.99. The summed E-state index contributed by atoms with van der Waals surface area (Å²) in [7, 11) is 0. The molecule has 1 saturated carbocycles. The monoisotopic (exact) mass is 574 g/mol. The fourth-order valence-electron chi connectivity index (χ4n) is 5.24. The summed E-state index contributed by atoms with van der Waals surface area (Å²) in [6, 6.07) is 13.0. The third kappa shape index (κ3) is 6.04. The average molecular weight is 575 g/mol. The minimum absolute atomic E-state index is 0.0605. The summed E-state index contributed by atoms with van der Waals surface area (Å²) in [6.07, 6.45) is 2.41. The van der Waals surface area contributed by atoms with Gasteiger partial charge in [0.05, 0.1) is 12.6 Å². The van der Waals surface area contributed by atoms with E-state index in [0.29, 0.717) is 55.1 Å². The first kappa shape index (κ1) is 27.2. The smallest absolute Gasteiger partial charge is 0.318 e. The molecular formula is C30H34N6O4S. The highest BCUT2D eigenvalue weighted by atomic mass is 32.1. The average Bonchev–Trinajstić information content (AvgIpc) is 3.39. The first-order valence-electron chi connectivity index (χ1n) is 14.1. The van der Waals surface area contributed by atoms with E-state index in [1.165, 1.54) is 0 Å². The van der Waals surface area contributed by atoms with Gasteiger partial charge in [-0.2, -0.15) is 0 Å². The number of amides is 4. The number of benzene rings is 2. The van der Waals surface area contributed by atoms with Crippen LogP contribution in [0.5, 0.6) is 11.5 Å². The van der Waals surface area contributed by atoms with Crippen molar-refractivity contribution in [2.45, 2.75) is 70.6 Å². The Kier molecular flexibility index (Phi) is 7.37. The van der Waals surface area contributed by atoms with Crippen LogP contribution >= 0.6 is 11.3 Å². The van der Waals surface area contributed by atoms with Crippen molar-refractivity contribution in [3.63, 3.8) is 0 Å². The molecule has 3 heterocycles. The van der Waals surface area contributed by atoms with Gasteiger partial charge in [-0.25, -0.2) is 4.79 Å². The molecule has 2 saturated heterocycles. The number of hydrogen-bond donors (Lipinski definition) is 2. The lowest BCUT2D eigenvalue weighted by atomic mass is 10.1. The van der Waals surface area contributed by atoms with Gasteiger partial charge in [0.2, 0.25) is 5.91 Å². The second-order valence-corrected chi connectivity index (χ2v) is 12.4. The van der Waals surface area contributed by atoms with Crippen molar-refractivity contribution in [3.8, 4) is 22.1 Å². The van der Waals surface area contributed by atoms with Crippen LogP contribution in [-0.2, 0) is 11.3 Å². The molecule has 11 heteroatoms. The van der Waals surface area contributed by atoms with Gasteiger partial charge < -0.3 is 25.2 Å². The second kappa shape index (κ2) is 11.1. The maximum Gasteiger partial charge on any atom is 0.318 e. The number of nitrogens with zero attached hydrogens (tertiary/aromatic N) is 4. The Morgan fingerprint density at radius 1 is 1.12 bits per heavy atom. The van der Waals surface area contributed by atoms with E-state index in [-0.39, 0.29) is 29.9 Å². The van der Waals surface area contributed by atoms with Crippen LogP contribution < -0.4 is 15.4 Å². The van der Waals surface area contributed by atoms with Gasteiger partial charge in [0.15, 0.2) is 0 Å². The second-order valence-electron chi connectivity index (χ2n) is 11.4. The van der Waals surface area contributed by atoms with Gasteiger partial charge in [-0.1, -0.05) is 31.3 Å². The van der Waals surface area contributed by atoms with Gasteiger partial charge in [-0.3, -0.25) is 9.59 Å². The Labute approximate surface area is 243 Å². The molecule has 1 aliphatic carbocycles. The number of carbonyl (C=O) groups is 3. The number of hydrogen-bond acceptors (Lipinski definition) is 7. The highest BCUT2D eigenvalue weighted by Crippen LogP contribution is 2.33. The Balaban J connectivity index is 1.21. The zero-order valence-electron chi connectivity index (χ0n) is 23.4. The predicted octanol–water partition coefficient (Wildman–Crippen LogP) is 4.53. The predicted molar refractivity (Wildman–Crippen MR) is 155 cm³/mol. The molecule has 2 atom stereocenters. The number of ether oxygens (including phenoxy) is 1. The molecule has 10 nitrogen and oxygen atoms in total. The van der Waals surface area contributed by atoms with Crippen molar-refractivity contribution in [3.05, 3.63) is 58.6 Å².